The van der Waals surface area contributed by atoms with Crippen LogP contribution < -0.4 is 26.7 Å². The number of nitrogens with zero attached hydrogens (tertiary/aromatic N) is 2. The Bertz CT molecular complexity index is 1620. The number of unbranched alkanes of at least 4 members (excludes halogenated alkanes) is 5. The summed E-state index contributed by atoms with van der Waals surface area (Å²) < 4.78 is 21.9. The Morgan fingerprint density at radius 1 is 0.569 bits per heavy atom. The summed E-state index contributed by atoms with van der Waals surface area (Å²) in [6.07, 6.45) is 6.94. The minimum atomic E-state index is -1.26. The highest BCUT2D eigenvalue weighted by atomic mass is 16.6. The summed E-state index contributed by atoms with van der Waals surface area (Å²) in [5.41, 5.74) is 1.81. The number of nitro benzene ring substituents is 2. The lowest BCUT2D eigenvalue weighted by Gasteiger charge is -2.14. The van der Waals surface area contributed by atoms with E-state index in [1.54, 1.807) is 5.48 Å². The van der Waals surface area contributed by atoms with E-state index >= 15 is 0 Å². The monoisotopic (exact) mass is 929 g/mol. The van der Waals surface area contributed by atoms with E-state index < -0.39 is 33.9 Å². The number of rotatable bonds is 42. The zero-order valence-electron chi connectivity index (χ0n) is 37.0. The molecule has 0 fully saturated rings. The Kier molecular flexibility index (Phi) is 32.7. The molecule has 0 heterocycles. The molecule has 0 spiro atoms. The molecule has 0 saturated carbocycles. The highest BCUT2D eigenvalue weighted by Crippen LogP contribution is 2.31. The number of amides is 4. The van der Waals surface area contributed by atoms with Crippen LogP contribution in [-0.4, -0.2) is 146 Å². The number of aliphatic carboxylic acids is 2. The first kappa shape index (κ1) is 57.6. The van der Waals surface area contributed by atoms with Crippen LogP contribution in [0.15, 0.2) is 12.1 Å². The summed E-state index contributed by atoms with van der Waals surface area (Å²) in [5.74, 6) is -2.83. The first-order chi connectivity index (χ1) is 31.2. The van der Waals surface area contributed by atoms with Gasteiger partial charge in [-0.25, -0.2) is 9.59 Å². The lowest BCUT2D eigenvalue weighted by molar-refractivity contribution is -0.395. The number of urea groups is 1. The van der Waals surface area contributed by atoms with Gasteiger partial charge in [0.25, 0.3) is 11.4 Å². The van der Waals surface area contributed by atoms with Crippen LogP contribution in [0.1, 0.15) is 101 Å². The molecular formula is C41H67N7O17. The fraction of sp³-hybridized carbons (Fsp3) is 0.707. The molecule has 0 radical (unpaired) electrons. The maximum atomic E-state index is 12.2. The molecule has 1 aromatic rings. The Morgan fingerprint density at radius 3 is 1.58 bits per heavy atom. The highest BCUT2D eigenvalue weighted by Gasteiger charge is 2.24. The predicted molar refractivity (Wildman–Crippen MR) is 231 cm³/mol. The van der Waals surface area contributed by atoms with Crippen molar-refractivity contribution in [2.75, 3.05) is 79.0 Å². The Hall–Kier alpha value is -5.40. The zero-order valence-corrected chi connectivity index (χ0v) is 37.0. The van der Waals surface area contributed by atoms with Gasteiger partial charge < -0.3 is 55.6 Å². The van der Waals surface area contributed by atoms with Crippen LogP contribution in [0.4, 0.5) is 16.2 Å². The average molecular weight is 930 g/mol. The Morgan fingerprint density at radius 2 is 1.08 bits per heavy atom. The summed E-state index contributed by atoms with van der Waals surface area (Å²) in [6.45, 7) is 2.62. The molecule has 0 bridgehead atoms. The van der Waals surface area contributed by atoms with E-state index in [0.29, 0.717) is 56.2 Å². The van der Waals surface area contributed by atoms with Crippen LogP contribution in [0.5, 0.6) is 0 Å². The minimum absolute atomic E-state index is 0.00866. The topological polar surface area (TPSA) is 346 Å². The third-order valence-corrected chi connectivity index (χ3v) is 9.54. The third kappa shape index (κ3) is 30.4. The number of carbonyl (C=O) groups excluding carboxylic acids is 4. The van der Waals surface area contributed by atoms with Gasteiger partial charge in [-0.15, -0.1) is 0 Å². The SMILES string of the molecule is O=C(O)CCCNC(=O)N[C@@H](CCC(=O)CCCCCCCCC(=O)NCCOCCOCCCc1cc(CCCOCCOCCNC(=O)CNO)c([N+](=O)[O-])cc1[N+](=O)[O-])C(=O)O. The molecule has 65 heavy (non-hydrogen) atoms. The molecule has 368 valence electrons. The van der Waals surface area contributed by atoms with Crippen molar-refractivity contribution in [3.8, 4) is 0 Å². The summed E-state index contributed by atoms with van der Waals surface area (Å²) in [4.78, 5) is 91.6. The molecule has 1 atom stereocenters. The molecule has 24 heteroatoms. The lowest BCUT2D eigenvalue weighted by atomic mass is 9.99. The number of hydrogen-bond donors (Lipinski definition) is 8. The summed E-state index contributed by atoms with van der Waals surface area (Å²) in [7, 11) is 0. The number of Topliss-reactive ketones (excluding diaryl/α,β-unsaturated/α-hetero) is 1. The van der Waals surface area contributed by atoms with Crippen molar-refractivity contribution >= 4 is 46.9 Å². The quantitative estimate of drug-likeness (QED) is 0.0265. The molecule has 1 rings (SSSR count). The number of hydroxylamine groups is 1. The van der Waals surface area contributed by atoms with Gasteiger partial charge in [-0.1, -0.05) is 25.7 Å². The van der Waals surface area contributed by atoms with E-state index in [0.717, 1.165) is 31.7 Å². The molecule has 8 N–H and O–H groups in total. The zero-order chi connectivity index (χ0) is 48.1. The van der Waals surface area contributed by atoms with E-state index in [4.69, 9.17) is 29.3 Å². The van der Waals surface area contributed by atoms with Gasteiger partial charge in [0.15, 0.2) is 0 Å². The number of ketones is 1. The smallest absolute Gasteiger partial charge is 0.326 e. The van der Waals surface area contributed by atoms with Crippen LogP contribution >= 0.6 is 0 Å². The number of nitro groups is 2. The van der Waals surface area contributed by atoms with E-state index in [1.165, 1.54) is 6.07 Å². The summed E-state index contributed by atoms with van der Waals surface area (Å²) in [5, 5.41) is 59.9. The van der Waals surface area contributed by atoms with E-state index in [-0.39, 0.29) is 140 Å². The standard InChI is InChI=1S/C41H67N7O17/c49-33(15-16-34(40(54)55)46-41(56)44-17-7-14-39(52)53)12-5-3-1-2-4-6-13-37(50)42-18-22-64-26-24-62-20-8-10-31-28-32(36(48(60)61)29-35(31)47(58)59)11-9-21-63-25-27-65-23-19-43-38(51)30-45-57/h28-29,34,45,57H,1-27,30H2,(H,42,50)(H,43,51)(H,52,53)(H,54,55)(H2,44,46,56)/t34-/m0/s1. The van der Waals surface area contributed by atoms with E-state index in [1.807, 2.05) is 0 Å². The first-order valence-electron chi connectivity index (χ1n) is 21.9. The maximum Gasteiger partial charge on any atom is 0.326 e. The predicted octanol–water partition coefficient (Wildman–Crippen LogP) is 2.73. The number of nitrogens with one attached hydrogen (secondary N) is 5. The van der Waals surface area contributed by atoms with Gasteiger partial charge in [0.1, 0.15) is 11.8 Å². The second-order valence-electron chi connectivity index (χ2n) is 14.8. The fourth-order valence-corrected chi connectivity index (χ4v) is 6.19. The van der Waals surface area contributed by atoms with Gasteiger partial charge in [0.2, 0.25) is 11.8 Å². The van der Waals surface area contributed by atoms with Gasteiger partial charge in [-0.05, 0) is 57.4 Å². The van der Waals surface area contributed by atoms with Crippen LogP contribution in [0.3, 0.4) is 0 Å². The number of carboxylic acids is 2. The average Bonchev–Trinajstić information content (AvgIpc) is 3.25. The molecule has 0 aromatic heterocycles. The summed E-state index contributed by atoms with van der Waals surface area (Å²) in [6, 6.07) is 0.525. The van der Waals surface area contributed by atoms with Crippen LogP contribution in [-0.2, 0) is 55.8 Å². The lowest BCUT2D eigenvalue weighted by Crippen LogP contribution is -2.46. The highest BCUT2D eigenvalue weighted by molar-refractivity contribution is 5.84. The maximum absolute atomic E-state index is 12.2. The second kappa shape index (κ2) is 36.9. The number of hydrogen-bond acceptors (Lipinski definition) is 16. The second-order valence-corrected chi connectivity index (χ2v) is 14.8. The van der Waals surface area contributed by atoms with E-state index in [2.05, 4.69) is 21.3 Å². The van der Waals surface area contributed by atoms with Crippen molar-refractivity contribution in [2.24, 2.45) is 0 Å². The number of benzene rings is 1. The van der Waals surface area contributed by atoms with Gasteiger partial charge in [0, 0.05) is 69.7 Å². The van der Waals surface area contributed by atoms with Crippen molar-refractivity contribution < 1.29 is 73.0 Å². The fourth-order valence-electron chi connectivity index (χ4n) is 6.19. The van der Waals surface area contributed by atoms with E-state index in [9.17, 15) is 54.1 Å². The van der Waals surface area contributed by atoms with Gasteiger partial charge in [0.05, 0.1) is 62.1 Å². The van der Waals surface area contributed by atoms with Crippen LogP contribution in [0.2, 0.25) is 0 Å². The molecule has 24 nitrogen and oxygen atoms in total. The van der Waals surface area contributed by atoms with Crippen LogP contribution in [0, 0.1) is 20.2 Å². The first-order valence-corrected chi connectivity index (χ1v) is 21.9. The molecule has 0 unspecified atom stereocenters. The third-order valence-electron chi connectivity index (χ3n) is 9.54. The molecule has 0 aliphatic heterocycles. The molecule has 1 aromatic carbocycles. The minimum Gasteiger partial charge on any atom is -0.481 e. The molecule has 0 saturated heterocycles. The Labute approximate surface area is 377 Å². The van der Waals surface area contributed by atoms with Crippen molar-refractivity contribution in [1.82, 2.24) is 26.7 Å². The Balaban J connectivity index is 2.15. The number of carboxylic acid groups (broad SMARTS) is 2. The van der Waals surface area contributed by atoms with Gasteiger partial charge in [-0.2, -0.15) is 5.48 Å². The number of carbonyl (C=O) groups is 6. The molecule has 0 aliphatic rings. The van der Waals surface area contributed by atoms with Gasteiger partial charge >= 0.3 is 18.0 Å². The molecular weight excluding hydrogens is 862 g/mol. The molecule has 4 amide bonds. The largest absolute Gasteiger partial charge is 0.481 e. The number of aryl methyl sites for hydroxylation is 2. The van der Waals surface area contributed by atoms with Crippen molar-refractivity contribution in [3.05, 3.63) is 43.5 Å². The number of ether oxygens (including phenoxy) is 4. The molecule has 0 aliphatic carbocycles. The van der Waals surface area contributed by atoms with Gasteiger partial charge in [-0.3, -0.25) is 39.4 Å². The van der Waals surface area contributed by atoms with Crippen molar-refractivity contribution in [1.29, 1.82) is 0 Å². The van der Waals surface area contributed by atoms with Crippen molar-refractivity contribution in [3.63, 3.8) is 0 Å². The normalized spacial score (nSPS) is 11.4. The van der Waals surface area contributed by atoms with Crippen LogP contribution in [0.25, 0.3) is 0 Å². The van der Waals surface area contributed by atoms with Crippen molar-refractivity contribution in [2.45, 2.75) is 109 Å². The summed E-state index contributed by atoms with van der Waals surface area (Å²) >= 11 is 0.